The molecule has 0 spiro atoms. The molecule has 1 aromatic heterocycles. The predicted molar refractivity (Wildman–Crippen MR) is 66.1 cm³/mol. The first kappa shape index (κ1) is 14.3. The van der Waals surface area contributed by atoms with Gasteiger partial charge in [0.25, 0.3) is 0 Å². The van der Waals surface area contributed by atoms with Gasteiger partial charge < -0.3 is 14.7 Å². The molecular weight excluding hydrogens is 252 g/mol. The van der Waals surface area contributed by atoms with Crippen LogP contribution in [0.2, 0.25) is 0 Å². The van der Waals surface area contributed by atoms with E-state index in [1.54, 1.807) is 17.1 Å². The number of aromatic carboxylic acids is 1. The van der Waals surface area contributed by atoms with Crippen molar-refractivity contribution in [1.82, 2.24) is 15.0 Å². The number of aromatic nitrogens is 3. The van der Waals surface area contributed by atoms with Gasteiger partial charge in [0.1, 0.15) is 0 Å². The molecule has 0 atom stereocenters. The summed E-state index contributed by atoms with van der Waals surface area (Å²) in [6.45, 7) is 8.00. The first-order valence-electron chi connectivity index (χ1n) is 5.18. The number of carbonyl (C=O) groups is 2. The molecule has 0 saturated heterocycles. The molecule has 0 bridgehead atoms. The average Bonchev–Trinajstić information content (AvgIpc) is 2.38. The Labute approximate surface area is 109 Å². The third-order valence-corrected chi connectivity index (χ3v) is 1.93. The number of hydrogen-bond acceptors (Lipinski definition) is 7. The summed E-state index contributed by atoms with van der Waals surface area (Å²) in [5.74, 6) is -1.81. The third kappa shape index (κ3) is 3.87. The summed E-state index contributed by atoms with van der Waals surface area (Å²) in [6, 6.07) is -0.379. The Morgan fingerprint density at radius 1 is 1.26 bits per heavy atom. The zero-order valence-electron chi connectivity index (χ0n) is 10.0. The number of carbonyl (C=O) groups excluding carboxylic acids is 1. The highest BCUT2D eigenvalue weighted by molar-refractivity contribution is 5.83. The number of nitrogens with zero attached hydrogens (tertiary/aromatic N) is 4. The monoisotopic (exact) mass is 264 g/mol. The van der Waals surface area contributed by atoms with Crippen molar-refractivity contribution in [1.29, 1.82) is 0 Å². The van der Waals surface area contributed by atoms with Crippen LogP contribution in [0.4, 0.5) is 5.95 Å². The van der Waals surface area contributed by atoms with Crippen LogP contribution >= 0.6 is 0 Å². The molecule has 0 amide bonds. The van der Waals surface area contributed by atoms with E-state index in [4.69, 9.17) is 5.11 Å². The highest BCUT2D eigenvalue weighted by Crippen LogP contribution is 2.12. The minimum Gasteiger partial charge on any atom is -0.475 e. The summed E-state index contributed by atoms with van der Waals surface area (Å²) in [7, 11) is 0. The van der Waals surface area contributed by atoms with E-state index in [-0.39, 0.29) is 18.4 Å². The summed E-state index contributed by atoms with van der Waals surface area (Å²) < 4.78 is 4.46. The third-order valence-electron chi connectivity index (χ3n) is 1.93. The largest absolute Gasteiger partial charge is 0.475 e. The van der Waals surface area contributed by atoms with Crippen molar-refractivity contribution in [3.05, 3.63) is 31.1 Å². The molecule has 1 heterocycles. The molecule has 1 aromatic rings. The number of hydrogen-bond donors (Lipinski definition) is 1. The summed E-state index contributed by atoms with van der Waals surface area (Å²) in [6.07, 6.45) is 3.18. The van der Waals surface area contributed by atoms with Crippen LogP contribution in [0.5, 0.6) is 6.01 Å². The molecule has 0 aromatic carbocycles. The Morgan fingerprint density at radius 2 is 1.89 bits per heavy atom. The number of carboxylic acids is 1. The summed E-state index contributed by atoms with van der Waals surface area (Å²) >= 11 is 0. The molecule has 19 heavy (non-hydrogen) atoms. The van der Waals surface area contributed by atoms with Crippen molar-refractivity contribution in [2.45, 2.75) is 0 Å². The normalized spacial score (nSPS) is 9.47. The van der Waals surface area contributed by atoms with Crippen LogP contribution in [-0.4, -0.2) is 45.6 Å². The zero-order valence-corrected chi connectivity index (χ0v) is 10.0. The molecule has 0 saturated carbocycles. The summed E-state index contributed by atoms with van der Waals surface area (Å²) in [5, 5.41) is 8.89. The van der Waals surface area contributed by atoms with Gasteiger partial charge in [0.05, 0.1) is 0 Å². The van der Waals surface area contributed by atoms with Gasteiger partial charge in [-0.05, 0) is 0 Å². The highest BCUT2D eigenvalue weighted by Gasteiger charge is 2.16. The van der Waals surface area contributed by atoms with Gasteiger partial charge in [0.2, 0.25) is 11.8 Å². The Balaban J connectivity index is 3.21. The second-order valence-corrected chi connectivity index (χ2v) is 3.24. The Bertz CT molecular complexity index is 493. The molecule has 8 nitrogen and oxygen atoms in total. The van der Waals surface area contributed by atoms with Crippen LogP contribution < -0.4 is 9.64 Å². The van der Waals surface area contributed by atoms with E-state index in [1.165, 1.54) is 0 Å². The van der Waals surface area contributed by atoms with Crippen molar-refractivity contribution in [3.8, 4) is 6.01 Å². The van der Waals surface area contributed by atoms with Crippen LogP contribution in [0.3, 0.4) is 0 Å². The van der Waals surface area contributed by atoms with Gasteiger partial charge in [-0.25, -0.2) is 4.79 Å². The lowest BCUT2D eigenvalue weighted by Gasteiger charge is -2.19. The number of ether oxygens (including phenoxy) is 1. The second kappa shape index (κ2) is 6.84. The first-order chi connectivity index (χ1) is 9.12. The molecule has 0 aliphatic carbocycles. The maximum Gasteiger partial charge on any atom is 0.374 e. The number of anilines is 1. The fraction of sp³-hybridized carbons (Fsp3) is 0.182. The fourth-order valence-electron chi connectivity index (χ4n) is 1.23. The standard InChI is InChI=1S/C11H12N4O4/c1-3-5-15(6-4-2)10-12-8(9(17)18)13-11(14-10)19-7-16/h3-4,7H,1-2,5-6H2,(H,17,18). The van der Waals surface area contributed by atoms with Gasteiger partial charge in [-0.3, -0.25) is 4.79 Å². The summed E-state index contributed by atoms with van der Waals surface area (Å²) in [4.78, 5) is 33.8. The van der Waals surface area contributed by atoms with Crippen molar-refractivity contribution < 1.29 is 19.4 Å². The Morgan fingerprint density at radius 3 is 2.37 bits per heavy atom. The van der Waals surface area contributed by atoms with E-state index in [9.17, 15) is 9.59 Å². The molecule has 0 unspecified atom stereocenters. The molecule has 8 heteroatoms. The molecule has 0 aliphatic heterocycles. The fourth-order valence-corrected chi connectivity index (χ4v) is 1.23. The molecule has 1 N–H and O–H groups in total. The van der Waals surface area contributed by atoms with Crippen LogP contribution in [0.1, 0.15) is 10.6 Å². The molecule has 0 radical (unpaired) electrons. The van der Waals surface area contributed by atoms with E-state index in [0.717, 1.165) is 0 Å². The van der Waals surface area contributed by atoms with Gasteiger partial charge in [-0.15, -0.1) is 13.2 Å². The first-order valence-corrected chi connectivity index (χ1v) is 5.18. The number of carboxylic acid groups (broad SMARTS) is 1. The van der Waals surface area contributed by atoms with Gasteiger partial charge in [-0.2, -0.15) is 15.0 Å². The van der Waals surface area contributed by atoms with Gasteiger partial charge in [0, 0.05) is 13.1 Å². The zero-order chi connectivity index (χ0) is 14.3. The maximum absolute atomic E-state index is 10.9. The lowest BCUT2D eigenvalue weighted by Crippen LogP contribution is -2.26. The quantitative estimate of drug-likeness (QED) is 0.527. The Kier molecular flexibility index (Phi) is 5.15. The SMILES string of the molecule is C=CCN(CC=C)c1nc(OC=O)nc(C(=O)O)n1. The summed E-state index contributed by atoms with van der Waals surface area (Å²) in [5.41, 5.74) is 0. The average molecular weight is 264 g/mol. The van der Waals surface area contributed by atoms with Crippen LogP contribution in [0.25, 0.3) is 0 Å². The molecule has 1 rings (SSSR count). The minimum absolute atomic E-state index is 0.0593. The van der Waals surface area contributed by atoms with Gasteiger partial charge in [-0.1, -0.05) is 12.2 Å². The maximum atomic E-state index is 10.9. The van der Waals surface area contributed by atoms with Crippen LogP contribution in [0.15, 0.2) is 25.3 Å². The second-order valence-electron chi connectivity index (χ2n) is 3.24. The molecular formula is C11H12N4O4. The molecule has 0 aliphatic rings. The van der Waals surface area contributed by atoms with Crippen molar-refractivity contribution in [2.75, 3.05) is 18.0 Å². The highest BCUT2D eigenvalue weighted by atomic mass is 16.5. The van der Waals surface area contributed by atoms with Gasteiger partial charge >= 0.3 is 18.5 Å². The lowest BCUT2D eigenvalue weighted by atomic mass is 10.4. The predicted octanol–water partition coefficient (Wildman–Crippen LogP) is 0.283. The van der Waals surface area contributed by atoms with Crippen molar-refractivity contribution >= 4 is 18.4 Å². The van der Waals surface area contributed by atoms with Crippen molar-refractivity contribution in [2.24, 2.45) is 0 Å². The number of rotatable bonds is 8. The minimum atomic E-state index is -1.35. The lowest BCUT2D eigenvalue weighted by molar-refractivity contribution is -0.121. The van der Waals surface area contributed by atoms with E-state index >= 15 is 0 Å². The van der Waals surface area contributed by atoms with E-state index in [2.05, 4.69) is 32.8 Å². The van der Waals surface area contributed by atoms with E-state index < -0.39 is 11.8 Å². The van der Waals surface area contributed by atoms with Crippen molar-refractivity contribution in [3.63, 3.8) is 0 Å². The smallest absolute Gasteiger partial charge is 0.374 e. The molecule has 100 valence electrons. The topological polar surface area (TPSA) is 106 Å². The van der Waals surface area contributed by atoms with Crippen LogP contribution in [0, 0.1) is 0 Å². The molecule has 0 fully saturated rings. The van der Waals surface area contributed by atoms with E-state index in [1.807, 2.05) is 0 Å². The van der Waals surface area contributed by atoms with E-state index in [0.29, 0.717) is 13.1 Å². The van der Waals surface area contributed by atoms with Crippen LogP contribution in [-0.2, 0) is 4.79 Å². The Hall–Kier alpha value is -2.77. The van der Waals surface area contributed by atoms with Gasteiger partial charge in [0.15, 0.2) is 0 Å².